The highest BCUT2D eigenvalue weighted by molar-refractivity contribution is 5.57. The monoisotopic (exact) mass is 318 g/mol. The fraction of sp³-hybridized carbons (Fsp3) is 0.158. The predicted octanol–water partition coefficient (Wildman–Crippen LogP) is 3.32. The van der Waals surface area contributed by atoms with Crippen LogP contribution < -0.4 is 5.32 Å². The summed E-state index contributed by atoms with van der Waals surface area (Å²) in [6, 6.07) is 20.1. The van der Waals surface area contributed by atoms with Crippen molar-refractivity contribution in [2.24, 2.45) is 0 Å². The number of hydrogen-bond acceptors (Lipinski definition) is 4. The van der Waals surface area contributed by atoms with E-state index < -0.39 is 0 Å². The number of fused-ring (bicyclic) bond motifs is 1. The predicted molar refractivity (Wildman–Crippen MR) is 92.5 cm³/mol. The van der Waals surface area contributed by atoms with Gasteiger partial charge in [0.2, 0.25) is 0 Å². The van der Waals surface area contributed by atoms with Crippen molar-refractivity contribution >= 4 is 5.65 Å². The number of nitrogens with zero attached hydrogens (tertiary/aromatic N) is 3. The van der Waals surface area contributed by atoms with Gasteiger partial charge in [-0.2, -0.15) is 0 Å². The van der Waals surface area contributed by atoms with E-state index in [1.165, 1.54) is 0 Å². The van der Waals surface area contributed by atoms with Crippen LogP contribution in [0.2, 0.25) is 0 Å². The lowest BCUT2D eigenvalue weighted by atomic mass is 10.2. The number of furan rings is 1. The molecule has 0 atom stereocenters. The third-order valence-corrected chi connectivity index (χ3v) is 3.93. The van der Waals surface area contributed by atoms with Crippen molar-refractivity contribution in [2.75, 3.05) is 6.54 Å². The van der Waals surface area contributed by atoms with Crippen molar-refractivity contribution in [1.29, 1.82) is 0 Å². The van der Waals surface area contributed by atoms with E-state index in [-0.39, 0.29) is 0 Å². The maximum atomic E-state index is 5.88. The SMILES string of the molecule is c1ccc(-c2ccc(CNCCc3nnc4ccccn34)o2)cc1. The molecule has 5 nitrogen and oxygen atoms in total. The highest BCUT2D eigenvalue weighted by Gasteiger charge is 2.06. The molecule has 0 aliphatic carbocycles. The first-order valence-electron chi connectivity index (χ1n) is 8.04. The average molecular weight is 318 g/mol. The summed E-state index contributed by atoms with van der Waals surface area (Å²) in [7, 11) is 0. The van der Waals surface area contributed by atoms with Crippen LogP contribution >= 0.6 is 0 Å². The number of pyridine rings is 1. The minimum Gasteiger partial charge on any atom is -0.460 e. The number of aromatic nitrogens is 3. The van der Waals surface area contributed by atoms with Gasteiger partial charge in [-0.1, -0.05) is 36.4 Å². The number of hydrogen-bond donors (Lipinski definition) is 1. The van der Waals surface area contributed by atoms with Crippen LogP contribution in [0.25, 0.3) is 17.0 Å². The van der Waals surface area contributed by atoms with Gasteiger partial charge in [0.25, 0.3) is 0 Å². The molecule has 0 amide bonds. The van der Waals surface area contributed by atoms with Crippen molar-refractivity contribution in [1.82, 2.24) is 19.9 Å². The summed E-state index contributed by atoms with van der Waals surface area (Å²) in [6.07, 6.45) is 2.81. The van der Waals surface area contributed by atoms with Crippen LogP contribution in [0.5, 0.6) is 0 Å². The summed E-state index contributed by atoms with van der Waals surface area (Å²) in [5.41, 5.74) is 1.98. The first-order valence-corrected chi connectivity index (χ1v) is 8.04. The van der Waals surface area contributed by atoms with Crippen molar-refractivity contribution in [3.63, 3.8) is 0 Å². The first-order chi connectivity index (χ1) is 11.9. The standard InChI is InChI=1S/C19H18N4O/c1-2-6-15(7-3-1)17-10-9-16(24-17)14-20-12-11-19-22-21-18-8-4-5-13-23(18)19/h1-10,13,20H,11-12,14H2. The Kier molecular flexibility index (Phi) is 4.08. The van der Waals surface area contributed by atoms with Crippen LogP contribution in [0, 0.1) is 0 Å². The van der Waals surface area contributed by atoms with Crippen LogP contribution in [0.15, 0.2) is 71.3 Å². The van der Waals surface area contributed by atoms with Crippen LogP contribution in [0.3, 0.4) is 0 Å². The molecule has 4 aromatic rings. The van der Waals surface area contributed by atoms with E-state index in [2.05, 4.69) is 15.5 Å². The van der Waals surface area contributed by atoms with Gasteiger partial charge < -0.3 is 9.73 Å². The van der Waals surface area contributed by atoms with Crippen LogP contribution in [0.1, 0.15) is 11.6 Å². The molecule has 24 heavy (non-hydrogen) atoms. The Hall–Kier alpha value is -2.92. The van der Waals surface area contributed by atoms with Crippen molar-refractivity contribution in [3.05, 3.63) is 78.4 Å². The highest BCUT2D eigenvalue weighted by Crippen LogP contribution is 2.21. The molecule has 0 spiro atoms. The van der Waals surface area contributed by atoms with E-state index in [0.29, 0.717) is 6.54 Å². The van der Waals surface area contributed by atoms with Crippen LogP contribution in [-0.2, 0) is 13.0 Å². The Morgan fingerprint density at radius 2 is 1.79 bits per heavy atom. The van der Waals surface area contributed by atoms with E-state index in [1.807, 2.05) is 71.3 Å². The van der Waals surface area contributed by atoms with Crippen molar-refractivity contribution in [2.45, 2.75) is 13.0 Å². The van der Waals surface area contributed by atoms with Gasteiger partial charge in [0.05, 0.1) is 6.54 Å². The minimum absolute atomic E-state index is 0.698. The smallest absolute Gasteiger partial charge is 0.160 e. The van der Waals surface area contributed by atoms with Gasteiger partial charge in [-0.3, -0.25) is 4.40 Å². The van der Waals surface area contributed by atoms with Gasteiger partial charge in [0.15, 0.2) is 5.65 Å². The summed E-state index contributed by atoms with van der Waals surface area (Å²) in [5, 5.41) is 11.8. The van der Waals surface area contributed by atoms with Gasteiger partial charge in [-0.05, 0) is 24.3 Å². The summed E-state index contributed by atoms with van der Waals surface area (Å²) in [5.74, 6) is 2.79. The number of rotatable bonds is 6. The fourth-order valence-corrected chi connectivity index (χ4v) is 2.70. The number of benzene rings is 1. The third kappa shape index (κ3) is 3.07. The van der Waals surface area contributed by atoms with Crippen molar-refractivity contribution in [3.8, 4) is 11.3 Å². The molecule has 0 saturated heterocycles. The average Bonchev–Trinajstić information content (AvgIpc) is 3.27. The molecule has 0 fully saturated rings. The molecule has 0 unspecified atom stereocenters. The van der Waals surface area contributed by atoms with E-state index in [9.17, 15) is 0 Å². The lowest BCUT2D eigenvalue weighted by Gasteiger charge is -2.02. The molecule has 0 saturated carbocycles. The molecule has 0 aliphatic rings. The fourth-order valence-electron chi connectivity index (χ4n) is 2.70. The van der Waals surface area contributed by atoms with Gasteiger partial charge >= 0.3 is 0 Å². The first kappa shape index (κ1) is 14.7. The van der Waals surface area contributed by atoms with E-state index >= 15 is 0 Å². The third-order valence-electron chi connectivity index (χ3n) is 3.93. The second-order valence-corrected chi connectivity index (χ2v) is 5.60. The second-order valence-electron chi connectivity index (χ2n) is 5.60. The molecule has 3 heterocycles. The van der Waals surface area contributed by atoms with Gasteiger partial charge in [0.1, 0.15) is 17.3 Å². The molecule has 1 N–H and O–H groups in total. The maximum Gasteiger partial charge on any atom is 0.160 e. The Labute approximate surface area is 140 Å². The molecular weight excluding hydrogens is 300 g/mol. The molecule has 0 bridgehead atoms. The zero-order chi connectivity index (χ0) is 16.2. The Morgan fingerprint density at radius 3 is 2.71 bits per heavy atom. The topological polar surface area (TPSA) is 55.4 Å². The largest absolute Gasteiger partial charge is 0.460 e. The van der Waals surface area contributed by atoms with Gasteiger partial charge in [0, 0.05) is 24.7 Å². The zero-order valence-corrected chi connectivity index (χ0v) is 13.2. The van der Waals surface area contributed by atoms with Crippen LogP contribution in [0.4, 0.5) is 0 Å². The van der Waals surface area contributed by atoms with Gasteiger partial charge in [-0.15, -0.1) is 10.2 Å². The van der Waals surface area contributed by atoms with E-state index in [0.717, 1.165) is 41.5 Å². The molecule has 0 radical (unpaired) electrons. The molecule has 3 aromatic heterocycles. The summed E-state index contributed by atoms with van der Waals surface area (Å²) in [6.45, 7) is 1.51. The number of nitrogens with one attached hydrogen (secondary N) is 1. The molecule has 0 aliphatic heterocycles. The molecule has 1 aromatic carbocycles. The van der Waals surface area contributed by atoms with Gasteiger partial charge in [-0.25, -0.2) is 0 Å². The highest BCUT2D eigenvalue weighted by atomic mass is 16.3. The normalized spacial score (nSPS) is 11.2. The Bertz CT molecular complexity index is 927. The summed E-state index contributed by atoms with van der Waals surface area (Å²) >= 11 is 0. The molecular formula is C19H18N4O. The minimum atomic E-state index is 0.698. The Balaban J connectivity index is 1.32. The second kappa shape index (κ2) is 6.68. The van der Waals surface area contributed by atoms with Crippen molar-refractivity contribution < 1.29 is 4.42 Å². The van der Waals surface area contributed by atoms with Crippen LogP contribution in [-0.4, -0.2) is 21.1 Å². The lowest BCUT2D eigenvalue weighted by molar-refractivity contribution is 0.493. The Morgan fingerprint density at radius 1 is 0.917 bits per heavy atom. The molecule has 4 rings (SSSR count). The summed E-state index contributed by atoms with van der Waals surface area (Å²) < 4.78 is 7.90. The van der Waals surface area contributed by atoms with E-state index in [4.69, 9.17) is 4.42 Å². The summed E-state index contributed by atoms with van der Waals surface area (Å²) in [4.78, 5) is 0. The maximum absolute atomic E-state index is 5.88. The zero-order valence-electron chi connectivity index (χ0n) is 13.2. The molecule has 120 valence electrons. The quantitative estimate of drug-likeness (QED) is 0.554. The molecule has 5 heteroatoms. The lowest BCUT2D eigenvalue weighted by Crippen LogP contribution is -2.17. The van der Waals surface area contributed by atoms with E-state index in [1.54, 1.807) is 0 Å².